The van der Waals surface area contributed by atoms with Gasteiger partial charge >= 0.3 is 0 Å². The van der Waals surface area contributed by atoms with Gasteiger partial charge in [-0.05, 0) is 79.5 Å². The summed E-state index contributed by atoms with van der Waals surface area (Å²) in [7, 11) is 0. The van der Waals surface area contributed by atoms with Gasteiger partial charge in [0.15, 0.2) is 0 Å². The van der Waals surface area contributed by atoms with Crippen LogP contribution >= 0.6 is 0 Å². The van der Waals surface area contributed by atoms with Gasteiger partial charge < -0.3 is 15.2 Å². The van der Waals surface area contributed by atoms with Crippen LogP contribution in [-0.2, 0) is 24.3 Å². The summed E-state index contributed by atoms with van der Waals surface area (Å²) in [6, 6.07) is 17.9. The van der Waals surface area contributed by atoms with E-state index in [1.165, 1.54) is 24.8 Å². The Labute approximate surface area is 218 Å². The molecule has 7 rings (SSSR count). The highest BCUT2D eigenvalue weighted by atomic mass is 16.2. The minimum atomic E-state index is -0.121. The number of amides is 2. The van der Waals surface area contributed by atoms with Crippen molar-refractivity contribution in [3.63, 3.8) is 0 Å². The van der Waals surface area contributed by atoms with Gasteiger partial charge in [-0.15, -0.1) is 0 Å². The lowest BCUT2D eigenvalue weighted by Crippen LogP contribution is -2.53. The third-order valence-electron chi connectivity index (χ3n) is 8.82. The van der Waals surface area contributed by atoms with Crippen LogP contribution in [0.25, 0.3) is 0 Å². The van der Waals surface area contributed by atoms with Gasteiger partial charge in [-0.3, -0.25) is 9.59 Å². The molecule has 4 aliphatic rings. The summed E-state index contributed by atoms with van der Waals surface area (Å²) in [4.78, 5) is 30.3. The van der Waals surface area contributed by atoms with Gasteiger partial charge in [0.1, 0.15) is 5.82 Å². The lowest BCUT2D eigenvalue weighted by molar-refractivity contribution is -0.146. The van der Waals surface area contributed by atoms with Gasteiger partial charge in [0.25, 0.3) is 5.91 Å². The van der Waals surface area contributed by atoms with Crippen LogP contribution in [0.15, 0.2) is 67.0 Å². The second-order valence-electron chi connectivity index (χ2n) is 11.5. The second-order valence-corrected chi connectivity index (χ2v) is 11.5. The predicted molar refractivity (Wildman–Crippen MR) is 143 cm³/mol. The van der Waals surface area contributed by atoms with Gasteiger partial charge in [0, 0.05) is 49.4 Å². The van der Waals surface area contributed by atoms with Crippen molar-refractivity contribution in [3.05, 3.63) is 89.5 Å². The van der Waals surface area contributed by atoms with Crippen molar-refractivity contribution in [3.8, 4) is 0 Å². The SMILES string of the molecule is O=C(NCCc1nccn1Cc1ccccc1)c1ccc(CNC(=O)C23CC4CC(CC(C4)C2)C3)cc1. The fourth-order valence-electron chi connectivity index (χ4n) is 7.41. The van der Waals surface area contributed by atoms with E-state index in [9.17, 15) is 9.59 Å². The number of hydrogen-bond acceptors (Lipinski definition) is 3. The van der Waals surface area contributed by atoms with Gasteiger partial charge in [0.05, 0.1) is 0 Å². The average molecular weight is 497 g/mol. The quantitative estimate of drug-likeness (QED) is 0.449. The second kappa shape index (κ2) is 10.2. The smallest absolute Gasteiger partial charge is 0.251 e. The number of rotatable bonds is 9. The molecule has 2 amide bonds. The van der Waals surface area contributed by atoms with Crippen molar-refractivity contribution < 1.29 is 9.59 Å². The third kappa shape index (κ3) is 5.20. The topological polar surface area (TPSA) is 76.0 Å². The number of nitrogens with zero attached hydrogens (tertiary/aromatic N) is 2. The molecule has 0 atom stereocenters. The van der Waals surface area contributed by atoms with Crippen LogP contribution in [0.4, 0.5) is 0 Å². The molecule has 4 aliphatic carbocycles. The number of hydrogen-bond donors (Lipinski definition) is 2. The molecular formula is C31H36N4O2. The molecule has 0 aliphatic heterocycles. The number of imidazole rings is 1. The monoisotopic (exact) mass is 496 g/mol. The largest absolute Gasteiger partial charge is 0.352 e. The highest BCUT2D eigenvalue weighted by Crippen LogP contribution is 2.60. The summed E-state index contributed by atoms with van der Waals surface area (Å²) in [5.41, 5.74) is 2.76. The Balaban J connectivity index is 0.976. The molecule has 4 bridgehead atoms. The highest BCUT2D eigenvalue weighted by molar-refractivity contribution is 5.94. The Morgan fingerprint density at radius 3 is 2.22 bits per heavy atom. The summed E-state index contributed by atoms with van der Waals surface area (Å²) in [5, 5.41) is 6.24. The zero-order chi connectivity index (χ0) is 25.2. The fourth-order valence-corrected chi connectivity index (χ4v) is 7.41. The maximum Gasteiger partial charge on any atom is 0.251 e. The number of aromatic nitrogens is 2. The number of nitrogens with one attached hydrogen (secondary N) is 2. The first-order chi connectivity index (χ1) is 18.1. The molecule has 2 aromatic carbocycles. The normalized spacial score (nSPS) is 25.7. The van der Waals surface area contributed by atoms with E-state index in [0.29, 0.717) is 25.1 Å². The molecule has 1 aromatic heterocycles. The standard InChI is InChI=1S/C31H36N4O2/c36-29(33-11-10-28-32-12-13-35(28)21-23-4-2-1-3-5-23)27-8-6-22(7-9-27)20-34-30(37)31-17-24-14-25(18-31)16-26(15-24)19-31/h1-9,12-13,24-26H,10-11,14-21H2,(H,33,36)(H,34,37). The van der Waals surface area contributed by atoms with E-state index in [2.05, 4.69) is 32.3 Å². The van der Waals surface area contributed by atoms with E-state index >= 15 is 0 Å². The fraction of sp³-hybridized carbons (Fsp3) is 0.452. The molecule has 0 saturated heterocycles. The molecule has 0 unspecified atom stereocenters. The molecule has 192 valence electrons. The summed E-state index contributed by atoms with van der Waals surface area (Å²) in [6.45, 7) is 1.81. The van der Waals surface area contributed by atoms with Gasteiger partial charge in [0.2, 0.25) is 5.91 Å². The summed E-state index contributed by atoms with van der Waals surface area (Å²) >= 11 is 0. The minimum Gasteiger partial charge on any atom is -0.352 e. The Kier molecular flexibility index (Phi) is 6.58. The van der Waals surface area contributed by atoms with Gasteiger partial charge in [-0.2, -0.15) is 0 Å². The molecule has 1 heterocycles. The van der Waals surface area contributed by atoms with Gasteiger partial charge in [-0.1, -0.05) is 42.5 Å². The van der Waals surface area contributed by atoms with E-state index in [1.54, 1.807) is 6.20 Å². The van der Waals surface area contributed by atoms with Crippen molar-refractivity contribution in [1.82, 2.24) is 20.2 Å². The van der Waals surface area contributed by atoms with E-state index in [1.807, 2.05) is 48.7 Å². The van der Waals surface area contributed by atoms with Crippen molar-refractivity contribution in [1.29, 1.82) is 0 Å². The first kappa shape index (κ1) is 24.0. The lowest BCUT2D eigenvalue weighted by Gasteiger charge is -2.55. The molecule has 0 spiro atoms. The average Bonchev–Trinajstić information content (AvgIpc) is 3.34. The molecule has 4 saturated carbocycles. The molecule has 4 fully saturated rings. The number of carbonyl (C=O) groups excluding carboxylic acids is 2. The van der Waals surface area contributed by atoms with Crippen molar-refractivity contribution in [2.75, 3.05) is 6.54 Å². The highest BCUT2D eigenvalue weighted by Gasteiger charge is 2.54. The number of benzene rings is 2. The molecule has 0 radical (unpaired) electrons. The Hall–Kier alpha value is -3.41. The lowest BCUT2D eigenvalue weighted by atomic mass is 9.49. The van der Waals surface area contributed by atoms with Crippen LogP contribution < -0.4 is 10.6 Å². The van der Waals surface area contributed by atoms with Crippen LogP contribution in [-0.4, -0.2) is 27.9 Å². The van der Waals surface area contributed by atoms with E-state index < -0.39 is 0 Å². The van der Waals surface area contributed by atoms with Crippen molar-refractivity contribution >= 4 is 11.8 Å². The Morgan fingerprint density at radius 1 is 0.865 bits per heavy atom. The minimum absolute atomic E-state index is 0.0923. The zero-order valence-electron chi connectivity index (χ0n) is 21.4. The van der Waals surface area contributed by atoms with Crippen molar-refractivity contribution in [2.24, 2.45) is 23.2 Å². The van der Waals surface area contributed by atoms with E-state index in [0.717, 1.165) is 54.9 Å². The first-order valence-corrected chi connectivity index (χ1v) is 13.8. The predicted octanol–water partition coefficient (Wildman–Crippen LogP) is 4.74. The maximum atomic E-state index is 13.2. The Morgan fingerprint density at radius 2 is 1.54 bits per heavy atom. The van der Waals surface area contributed by atoms with Gasteiger partial charge in [-0.25, -0.2) is 4.98 Å². The molecule has 6 heteroatoms. The molecular weight excluding hydrogens is 460 g/mol. The zero-order valence-corrected chi connectivity index (χ0v) is 21.4. The summed E-state index contributed by atoms with van der Waals surface area (Å²) < 4.78 is 2.12. The van der Waals surface area contributed by atoms with Crippen LogP contribution in [0, 0.1) is 23.2 Å². The summed E-state index contributed by atoms with van der Waals surface area (Å²) in [6.07, 6.45) is 11.7. The van der Waals surface area contributed by atoms with Crippen LogP contribution in [0.1, 0.15) is 65.8 Å². The Bertz CT molecular complexity index is 1210. The number of carbonyl (C=O) groups is 2. The van der Waals surface area contributed by atoms with Crippen LogP contribution in [0.5, 0.6) is 0 Å². The molecule has 37 heavy (non-hydrogen) atoms. The third-order valence-corrected chi connectivity index (χ3v) is 8.82. The van der Waals surface area contributed by atoms with E-state index in [-0.39, 0.29) is 17.2 Å². The van der Waals surface area contributed by atoms with Crippen LogP contribution in [0.2, 0.25) is 0 Å². The molecule has 2 N–H and O–H groups in total. The molecule has 6 nitrogen and oxygen atoms in total. The summed E-state index contributed by atoms with van der Waals surface area (Å²) in [5.74, 6) is 3.40. The van der Waals surface area contributed by atoms with Crippen molar-refractivity contribution in [2.45, 2.75) is 58.0 Å². The molecule has 3 aromatic rings. The maximum absolute atomic E-state index is 13.2. The van der Waals surface area contributed by atoms with E-state index in [4.69, 9.17) is 0 Å². The van der Waals surface area contributed by atoms with Crippen LogP contribution in [0.3, 0.4) is 0 Å². The first-order valence-electron chi connectivity index (χ1n) is 13.8.